The van der Waals surface area contributed by atoms with Crippen molar-refractivity contribution in [2.75, 3.05) is 33.4 Å². The Morgan fingerprint density at radius 2 is 1.58 bits per heavy atom. The Balaban J connectivity index is 1.93. The van der Waals surface area contributed by atoms with Gasteiger partial charge in [-0.05, 0) is 89.0 Å². The molecule has 1 amide bonds. The minimum Gasteiger partial charge on any atom is -0.491 e. The molecule has 1 aliphatic rings. The molecule has 2 aromatic rings. The molecular weight excluding hydrogens is 463 g/mol. The fraction of sp³-hybridized carbons (Fsp3) is 0.500. The second kappa shape index (κ2) is 12.2. The van der Waals surface area contributed by atoms with E-state index in [0.717, 1.165) is 37.1 Å². The van der Waals surface area contributed by atoms with Gasteiger partial charge in [0, 0.05) is 18.2 Å². The predicted octanol–water partition coefficient (Wildman–Crippen LogP) is 4.47. The number of nitrogens with zero attached hydrogens (tertiary/aromatic N) is 1. The normalized spacial score (nSPS) is 14.3. The summed E-state index contributed by atoms with van der Waals surface area (Å²) in [5.41, 5.74) is 1.19. The monoisotopic (exact) mass is 500 g/mol. The molecule has 0 spiro atoms. The van der Waals surface area contributed by atoms with E-state index in [1.165, 1.54) is 7.11 Å². The zero-order valence-electron chi connectivity index (χ0n) is 21.9. The third-order valence-corrected chi connectivity index (χ3v) is 6.58. The third kappa shape index (κ3) is 6.16. The highest BCUT2D eigenvalue weighted by atomic mass is 19.1. The van der Waals surface area contributed by atoms with Crippen molar-refractivity contribution in [3.8, 4) is 11.5 Å². The molecule has 7 nitrogen and oxygen atoms in total. The smallest absolute Gasteiger partial charge is 0.315 e. The van der Waals surface area contributed by atoms with Crippen LogP contribution in [-0.2, 0) is 21.5 Å². The summed E-state index contributed by atoms with van der Waals surface area (Å²) < 4.78 is 30.7. The summed E-state index contributed by atoms with van der Waals surface area (Å²) in [7, 11) is 1.36. The van der Waals surface area contributed by atoms with Crippen LogP contribution < -0.4 is 14.8 Å². The van der Waals surface area contributed by atoms with Crippen molar-refractivity contribution in [2.24, 2.45) is 0 Å². The van der Waals surface area contributed by atoms with Crippen LogP contribution in [-0.4, -0.2) is 56.2 Å². The van der Waals surface area contributed by atoms with Crippen LogP contribution in [0.2, 0.25) is 0 Å². The number of amides is 1. The first-order valence-corrected chi connectivity index (χ1v) is 12.5. The molecule has 0 saturated carbocycles. The number of carbonyl (C=O) groups is 2. The Labute approximate surface area is 212 Å². The van der Waals surface area contributed by atoms with Crippen molar-refractivity contribution in [1.29, 1.82) is 0 Å². The van der Waals surface area contributed by atoms with Crippen molar-refractivity contribution in [1.82, 2.24) is 10.2 Å². The van der Waals surface area contributed by atoms with Crippen molar-refractivity contribution in [3.05, 3.63) is 58.9 Å². The summed E-state index contributed by atoms with van der Waals surface area (Å²) in [6, 6.07) is 10.4. The molecular formula is C28H37FN2O5. The van der Waals surface area contributed by atoms with Gasteiger partial charge in [-0.15, -0.1) is 0 Å². The van der Waals surface area contributed by atoms with Gasteiger partial charge in [0.05, 0.1) is 25.7 Å². The summed E-state index contributed by atoms with van der Waals surface area (Å²) in [4.78, 5) is 27.8. The summed E-state index contributed by atoms with van der Waals surface area (Å²) in [6.45, 7) is 9.73. The Morgan fingerprint density at radius 1 is 1.03 bits per heavy atom. The molecule has 0 atom stereocenters. The van der Waals surface area contributed by atoms with E-state index >= 15 is 0 Å². The number of hydrogen-bond acceptors (Lipinski definition) is 6. The molecule has 0 aromatic heterocycles. The van der Waals surface area contributed by atoms with Gasteiger partial charge in [0.15, 0.2) is 11.5 Å². The average Bonchev–Trinajstić information content (AvgIpc) is 2.89. The van der Waals surface area contributed by atoms with Crippen LogP contribution in [0.3, 0.4) is 0 Å². The number of halogens is 1. The fourth-order valence-electron chi connectivity index (χ4n) is 4.49. The number of piperidine rings is 1. The molecule has 0 unspecified atom stereocenters. The maximum absolute atomic E-state index is 14.8. The van der Waals surface area contributed by atoms with Gasteiger partial charge in [0.1, 0.15) is 0 Å². The lowest BCUT2D eigenvalue weighted by atomic mass is 9.84. The van der Waals surface area contributed by atoms with Gasteiger partial charge >= 0.3 is 5.97 Å². The molecule has 0 bridgehead atoms. The maximum atomic E-state index is 14.8. The first-order valence-electron chi connectivity index (χ1n) is 12.5. The highest BCUT2D eigenvalue weighted by Crippen LogP contribution is 2.31. The molecule has 2 aromatic carbocycles. The second-order valence-electron chi connectivity index (χ2n) is 9.38. The SMILES string of the molecule is CCOc1cc(CN(C(=O)c2ccc(C(C)(C)C(=O)OC)cc2)C2CCNCC2)cc(OCC)c1F. The summed E-state index contributed by atoms with van der Waals surface area (Å²) in [5.74, 6) is -0.767. The van der Waals surface area contributed by atoms with Crippen LogP contribution in [0.25, 0.3) is 0 Å². The minimum absolute atomic E-state index is 0.0288. The predicted molar refractivity (Wildman–Crippen MR) is 136 cm³/mol. The van der Waals surface area contributed by atoms with Gasteiger partial charge in [-0.3, -0.25) is 9.59 Å². The topological polar surface area (TPSA) is 77.1 Å². The van der Waals surface area contributed by atoms with Crippen molar-refractivity contribution in [3.63, 3.8) is 0 Å². The van der Waals surface area contributed by atoms with E-state index in [4.69, 9.17) is 14.2 Å². The van der Waals surface area contributed by atoms with Gasteiger partial charge in [0.25, 0.3) is 5.91 Å². The Bertz CT molecular complexity index is 1020. The number of hydrogen-bond donors (Lipinski definition) is 1. The van der Waals surface area contributed by atoms with E-state index in [1.807, 2.05) is 4.90 Å². The van der Waals surface area contributed by atoms with Crippen LogP contribution in [0.4, 0.5) is 4.39 Å². The number of benzene rings is 2. The Kier molecular flexibility index (Phi) is 9.31. The van der Waals surface area contributed by atoms with Crippen LogP contribution in [0.15, 0.2) is 36.4 Å². The summed E-state index contributed by atoms with van der Waals surface area (Å²) in [6.07, 6.45) is 1.63. The lowest BCUT2D eigenvalue weighted by Crippen LogP contribution is -2.45. The Hall–Kier alpha value is -3.13. The molecule has 3 rings (SSSR count). The van der Waals surface area contributed by atoms with Gasteiger partial charge in [0.2, 0.25) is 5.82 Å². The summed E-state index contributed by atoms with van der Waals surface area (Å²) in [5, 5.41) is 3.34. The van der Waals surface area contributed by atoms with E-state index in [1.54, 1.807) is 64.1 Å². The van der Waals surface area contributed by atoms with E-state index in [0.29, 0.717) is 25.3 Å². The third-order valence-electron chi connectivity index (χ3n) is 6.58. The quantitative estimate of drug-likeness (QED) is 0.485. The molecule has 1 N–H and O–H groups in total. The van der Waals surface area contributed by atoms with Crippen molar-refractivity contribution in [2.45, 2.75) is 58.5 Å². The minimum atomic E-state index is -0.829. The molecule has 196 valence electrons. The maximum Gasteiger partial charge on any atom is 0.315 e. The molecule has 0 aliphatic carbocycles. The number of methoxy groups -OCH3 is 1. The zero-order chi connectivity index (χ0) is 26.3. The van der Waals surface area contributed by atoms with Crippen LogP contribution in [0, 0.1) is 5.82 Å². The molecule has 1 aliphatic heterocycles. The van der Waals surface area contributed by atoms with Gasteiger partial charge in [-0.25, -0.2) is 0 Å². The van der Waals surface area contributed by atoms with Gasteiger partial charge < -0.3 is 24.4 Å². The van der Waals surface area contributed by atoms with Crippen LogP contribution in [0.1, 0.15) is 62.0 Å². The number of ether oxygens (including phenoxy) is 3. The van der Waals surface area contributed by atoms with Crippen LogP contribution in [0.5, 0.6) is 11.5 Å². The highest BCUT2D eigenvalue weighted by Gasteiger charge is 2.32. The van der Waals surface area contributed by atoms with Gasteiger partial charge in [-0.1, -0.05) is 12.1 Å². The number of rotatable bonds is 10. The molecule has 1 fully saturated rings. The van der Waals surface area contributed by atoms with E-state index in [2.05, 4.69) is 5.32 Å². The molecule has 1 saturated heterocycles. The number of esters is 1. The van der Waals surface area contributed by atoms with Crippen molar-refractivity contribution < 1.29 is 28.2 Å². The first kappa shape index (κ1) is 27.5. The number of carbonyl (C=O) groups excluding carboxylic acids is 2. The summed E-state index contributed by atoms with van der Waals surface area (Å²) >= 11 is 0. The van der Waals surface area contributed by atoms with E-state index < -0.39 is 11.2 Å². The lowest BCUT2D eigenvalue weighted by molar-refractivity contribution is -0.146. The van der Waals surface area contributed by atoms with Crippen molar-refractivity contribution >= 4 is 11.9 Å². The molecule has 8 heteroatoms. The lowest BCUT2D eigenvalue weighted by Gasteiger charge is -2.35. The average molecular weight is 501 g/mol. The highest BCUT2D eigenvalue weighted by molar-refractivity contribution is 5.94. The standard InChI is InChI=1S/C28H37FN2O5/c1-6-35-23-16-19(17-24(25(23)29)36-7-2)18-31(22-12-14-30-15-13-22)26(32)20-8-10-21(11-9-20)28(3,4)27(33)34-5/h8-11,16-17,22,30H,6-7,12-15,18H2,1-5H3. The van der Waals surface area contributed by atoms with E-state index in [9.17, 15) is 14.0 Å². The first-order chi connectivity index (χ1) is 17.2. The zero-order valence-corrected chi connectivity index (χ0v) is 21.9. The molecule has 1 heterocycles. The number of nitrogens with one attached hydrogen (secondary N) is 1. The van der Waals surface area contributed by atoms with Crippen LogP contribution >= 0.6 is 0 Å². The Morgan fingerprint density at radius 3 is 2.08 bits per heavy atom. The van der Waals surface area contributed by atoms with E-state index in [-0.39, 0.29) is 29.4 Å². The fourth-order valence-corrected chi connectivity index (χ4v) is 4.49. The molecule has 0 radical (unpaired) electrons. The van der Waals surface area contributed by atoms with Gasteiger partial charge in [-0.2, -0.15) is 4.39 Å². The largest absolute Gasteiger partial charge is 0.491 e. The molecule has 36 heavy (non-hydrogen) atoms. The second-order valence-corrected chi connectivity index (χ2v) is 9.38.